The summed E-state index contributed by atoms with van der Waals surface area (Å²) >= 11 is 1.43. The number of carbonyl (C=O) groups is 1. The minimum Gasteiger partial charge on any atom is -0.497 e. The second-order valence-electron chi connectivity index (χ2n) is 6.41. The number of methoxy groups -OCH3 is 1. The van der Waals surface area contributed by atoms with E-state index in [0.29, 0.717) is 6.54 Å². The zero-order chi connectivity index (χ0) is 18.8. The van der Waals surface area contributed by atoms with Crippen LogP contribution in [0.4, 0.5) is 0 Å². The Morgan fingerprint density at radius 2 is 2.11 bits per heavy atom. The Labute approximate surface area is 159 Å². The number of ether oxygens (including phenoxy) is 1. The largest absolute Gasteiger partial charge is 0.497 e. The van der Waals surface area contributed by atoms with E-state index in [0.717, 1.165) is 33.7 Å². The molecule has 0 unspecified atom stereocenters. The number of aromatic nitrogens is 2. The number of thiophene rings is 1. The van der Waals surface area contributed by atoms with Gasteiger partial charge >= 0.3 is 5.76 Å². The lowest BCUT2D eigenvalue weighted by molar-refractivity contribution is -0.133. The summed E-state index contributed by atoms with van der Waals surface area (Å²) in [5.41, 5.74) is 1.02. The van der Waals surface area contributed by atoms with E-state index in [2.05, 4.69) is 5.10 Å². The van der Waals surface area contributed by atoms with Gasteiger partial charge in [-0.3, -0.25) is 4.79 Å². The molecule has 1 aromatic carbocycles. The summed E-state index contributed by atoms with van der Waals surface area (Å²) in [7, 11) is 1.62. The van der Waals surface area contributed by atoms with Gasteiger partial charge in [-0.05, 0) is 42.0 Å². The van der Waals surface area contributed by atoms with Gasteiger partial charge < -0.3 is 14.1 Å². The summed E-state index contributed by atoms with van der Waals surface area (Å²) in [6.45, 7) is 0.373. The van der Waals surface area contributed by atoms with Crippen LogP contribution in [0, 0.1) is 0 Å². The first-order valence-corrected chi connectivity index (χ1v) is 9.56. The molecule has 8 heteroatoms. The molecule has 0 saturated heterocycles. The molecule has 0 atom stereocenters. The molecule has 1 aliphatic rings. The molecule has 1 saturated carbocycles. The fourth-order valence-corrected chi connectivity index (χ4v) is 3.50. The van der Waals surface area contributed by atoms with Crippen molar-refractivity contribution in [2.75, 3.05) is 7.11 Å². The second-order valence-corrected chi connectivity index (χ2v) is 7.36. The fourth-order valence-electron chi connectivity index (χ4n) is 2.86. The van der Waals surface area contributed by atoms with Gasteiger partial charge in [-0.25, -0.2) is 4.79 Å². The Hall–Kier alpha value is -2.87. The molecule has 0 aliphatic heterocycles. The Kier molecular flexibility index (Phi) is 4.81. The topological polar surface area (TPSA) is 77.6 Å². The molecule has 3 aromatic rings. The van der Waals surface area contributed by atoms with Crippen molar-refractivity contribution in [1.82, 2.24) is 14.7 Å². The van der Waals surface area contributed by atoms with Gasteiger partial charge in [0.2, 0.25) is 5.91 Å². The molecule has 0 spiro atoms. The average molecular weight is 385 g/mol. The van der Waals surface area contributed by atoms with Gasteiger partial charge in [-0.2, -0.15) is 4.68 Å². The first-order valence-electron chi connectivity index (χ1n) is 8.68. The number of carbonyl (C=O) groups excluding carboxylic acids is 1. The van der Waals surface area contributed by atoms with Crippen LogP contribution in [-0.2, 0) is 17.9 Å². The zero-order valence-electron chi connectivity index (χ0n) is 14.8. The summed E-state index contributed by atoms with van der Waals surface area (Å²) in [5.74, 6) is 0.266. The molecule has 4 rings (SSSR count). The van der Waals surface area contributed by atoms with Crippen LogP contribution < -0.4 is 10.5 Å². The van der Waals surface area contributed by atoms with Crippen molar-refractivity contribution < 1.29 is 13.9 Å². The molecule has 0 N–H and O–H groups in total. The molecular weight excluding hydrogens is 366 g/mol. The van der Waals surface area contributed by atoms with Crippen molar-refractivity contribution in [2.45, 2.75) is 32.0 Å². The standard InChI is InChI=1S/C19H19N3O4S/c1-25-15-8-4-13(5-9-15)11-21(14-6-7-14)17(23)12-22-19(24)26-18(20-22)16-3-2-10-27-16/h2-5,8-10,14H,6-7,11-12H2,1H3. The minimum absolute atomic E-state index is 0.125. The van der Waals surface area contributed by atoms with Gasteiger partial charge in [0.05, 0.1) is 12.0 Å². The third kappa shape index (κ3) is 3.95. The van der Waals surface area contributed by atoms with E-state index in [-0.39, 0.29) is 24.4 Å². The van der Waals surface area contributed by atoms with Crippen LogP contribution in [0.3, 0.4) is 0 Å². The van der Waals surface area contributed by atoms with Crippen LogP contribution in [0.2, 0.25) is 0 Å². The Morgan fingerprint density at radius 3 is 2.74 bits per heavy atom. The number of hydrogen-bond acceptors (Lipinski definition) is 6. The summed E-state index contributed by atoms with van der Waals surface area (Å²) in [6, 6.07) is 11.5. The molecule has 1 fully saturated rings. The van der Waals surface area contributed by atoms with Crippen molar-refractivity contribution >= 4 is 17.2 Å². The van der Waals surface area contributed by atoms with Crippen molar-refractivity contribution in [1.29, 1.82) is 0 Å². The van der Waals surface area contributed by atoms with E-state index < -0.39 is 5.76 Å². The molecule has 2 aromatic heterocycles. The van der Waals surface area contributed by atoms with Gasteiger partial charge in [0.1, 0.15) is 12.3 Å². The quantitative estimate of drug-likeness (QED) is 0.625. The van der Waals surface area contributed by atoms with E-state index in [1.54, 1.807) is 7.11 Å². The molecule has 27 heavy (non-hydrogen) atoms. The molecule has 140 valence electrons. The van der Waals surface area contributed by atoms with Crippen LogP contribution in [0.15, 0.2) is 51.0 Å². The highest BCUT2D eigenvalue weighted by atomic mass is 32.1. The van der Waals surface area contributed by atoms with Crippen LogP contribution in [-0.4, -0.2) is 33.7 Å². The van der Waals surface area contributed by atoms with Crippen LogP contribution in [0.1, 0.15) is 18.4 Å². The maximum Gasteiger partial charge on any atom is 0.437 e. The van der Waals surface area contributed by atoms with Gasteiger partial charge in [-0.1, -0.05) is 18.2 Å². The van der Waals surface area contributed by atoms with Gasteiger partial charge in [0.25, 0.3) is 5.89 Å². The lowest BCUT2D eigenvalue weighted by atomic mass is 10.2. The summed E-state index contributed by atoms with van der Waals surface area (Å²) in [4.78, 5) is 27.5. The first kappa shape index (κ1) is 17.5. The zero-order valence-corrected chi connectivity index (χ0v) is 15.6. The van der Waals surface area contributed by atoms with Crippen molar-refractivity contribution in [3.05, 3.63) is 57.9 Å². The van der Waals surface area contributed by atoms with Crippen LogP contribution >= 0.6 is 11.3 Å². The molecule has 0 radical (unpaired) electrons. The predicted molar refractivity (Wildman–Crippen MR) is 101 cm³/mol. The normalized spacial score (nSPS) is 13.5. The van der Waals surface area contributed by atoms with Gasteiger partial charge in [0, 0.05) is 12.6 Å². The number of benzene rings is 1. The lowest BCUT2D eigenvalue weighted by Gasteiger charge is -2.22. The van der Waals surface area contributed by atoms with Gasteiger partial charge in [0.15, 0.2) is 0 Å². The SMILES string of the molecule is COc1ccc(CN(C(=O)Cn2nc(-c3cccs3)oc2=O)C2CC2)cc1. The minimum atomic E-state index is -0.619. The van der Waals surface area contributed by atoms with E-state index in [9.17, 15) is 9.59 Å². The predicted octanol–water partition coefficient (Wildman–Crippen LogP) is 2.76. The number of rotatable bonds is 7. The molecule has 7 nitrogen and oxygen atoms in total. The Balaban J connectivity index is 1.49. The molecule has 1 aliphatic carbocycles. The van der Waals surface area contributed by atoms with Crippen molar-refractivity contribution in [3.8, 4) is 16.5 Å². The Bertz CT molecular complexity index is 971. The third-order valence-corrected chi connectivity index (χ3v) is 5.30. The lowest BCUT2D eigenvalue weighted by Crippen LogP contribution is -2.37. The summed E-state index contributed by atoms with van der Waals surface area (Å²) in [6.07, 6.45) is 1.96. The first-order chi connectivity index (χ1) is 13.1. The molecule has 1 amide bonds. The van der Waals surface area contributed by atoms with Crippen LogP contribution in [0.25, 0.3) is 10.8 Å². The summed E-state index contributed by atoms with van der Waals surface area (Å²) < 4.78 is 11.4. The third-order valence-electron chi connectivity index (χ3n) is 4.44. The Morgan fingerprint density at radius 1 is 1.33 bits per heavy atom. The molecule has 0 bridgehead atoms. The fraction of sp³-hybridized carbons (Fsp3) is 0.316. The van der Waals surface area contributed by atoms with Crippen molar-refractivity contribution in [2.24, 2.45) is 0 Å². The van der Waals surface area contributed by atoms with Crippen molar-refractivity contribution in [3.63, 3.8) is 0 Å². The number of amides is 1. The van der Waals surface area contributed by atoms with E-state index in [1.807, 2.05) is 46.7 Å². The number of nitrogens with zero attached hydrogens (tertiary/aromatic N) is 3. The van der Waals surface area contributed by atoms with Gasteiger partial charge in [-0.15, -0.1) is 16.4 Å². The molecule has 2 heterocycles. The smallest absolute Gasteiger partial charge is 0.437 e. The maximum absolute atomic E-state index is 12.8. The average Bonchev–Trinajstić information content (AvgIpc) is 3.23. The molecular formula is C19H19N3O4S. The highest BCUT2D eigenvalue weighted by Gasteiger charge is 2.33. The maximum atomic E-state index is 12.8. The number of hydrogen-bond donors (Lipinski definition) is 0. The highest BCUT2D eigenvalue weighted by Crippen LogP contribution is 2.29. The van der Waals surface area contributed by atoms with E-state index in [4.69, 9.17) is 9.15 Å². The van der Waals surface area contributed by atoms with Crippen LogP contribution in [0.5, 0.6) is 5.75 Å². The monoisotopic (exact) mass is 385 g/mol. The summed E-state index contributed by atoms with van der Waals surface area (Å²) in [5, 5.41) is 6.05. The second kappa shape index (κ2) is 7.40. The highest BCUT2D eigenvalue weighted by molar-refractivity contribution is 7.13. The van der Waals surface area contributed by atoms with E-state index in [1.165, 1.54) is 11.3 Å². The van der Waals surface area contributed by atoms with E-state index >= 15 is 0 Å².